The number of aryl methyl sites for hydroxylation is 1. The summed E-state index contributed by atoms with van der Waals surface area (Å²) in [6.07, 6.45) is 1.85. The standard InChI is InChI=1S/C15H22N4S/c1-4-12-13(9-16)15(18-17-14(12)5-2)19(3)10-11-7-6-8-20-11/h6-8H,4-5,9-10,16H2,1-3H3. The number of hydrogen-bond acceptors (Lipinski definition) is 5. The normalized spacial score (nSPS) is 10.8. The predicted molar refractivity (Wildman–Crippen MR) is 85.1 cm³/mol. The number of nitrogens with two attached hydrogens (primary N) is 1. The minimum Gasteiger partial charge on any atom is -0.353 e. The average molecular weight is 290 g/mol. The number of aromatic nitrogens is 2. The van der Waals surface area contributed by atoms with Crippen LogP contribution in [0, 0.1) is 0 Å². The molecule has 2 rings (SSSR count). The fourth-order valence-electron chi connectivity index (χ4n) is 2.47. The first-order valence-electron chi connectivity index (χ1n) is 7.02. The molecule has 0 bridgehead atoms. The van der Waals surface area contributed by atoms with Gasteiger partial charge >= 0.3 is 0 Å². The van der Waals surface area contributed by atoms with Crippen molar-refractivity contribution in [2.45, 2.75) is 39.8 Å². The van der Waals surface area contributed by atoms with E-state index in [1.54, 1.807) is 11.3 Å². The molecule has 2 aromatic rings. The van der Waals surface area contributed by atoms with E-state index in [0.29, 0.717) is 6.54 Å². The number of thiophene rings is 1. The molecule has 20 heavy (non-hydrogen) atoms. The monoisotopic (exact) mass is 290 g/mol. The molecule has 0 aliphatic heterocycles. The first kappa shape index (κ1) is 14.9. The number of nitrogens with zero attached hydrogens (tertiary/aromatic N) is 3. The molecule has 0 unspecified atom stereocenters. The molecule has 4 nitrogen and oxygen atoms in total. The zero-order valence-corrected chi connectivity index (χ0v) is 13.2. The molecule has 0 saturated carbocycles. The van der Waals surface area contributed by atoms with E-state index >= 15 is 0 Å². The SMILES string of the molecule is CCc1nnc(N(C)Cc2cccs2)c(CN)c1CC. The van der Waals surface area contributed by atoms with E-state index in [4.69, 9.17) is 5.73 Å². The molecule has 0 radical (unpaired) electrons. The molecule has 0 atom stereocenters. The van der Waals surface area contributed by atoms with Crippen molar-refractivity contribution in [3.8, 4) is 0 Å². The quantitative estimate of drug-likeness (QED) is 0.889. The Bertz CT molecular complexity index is 551. The summed E-state index contributed by atoms with van der Waals surface area (Å²) in [6.45, 7) is 5.61. The van der Waals surface area contributed by atoms with Gasteiger partial charge in [0.15, 0.2) is 5.82 Å². The van der Waals surface area contributed by atoms with Gasteiger partial charge in [-0.2, -0.15) is 5.10 Å². The van der Waals surface area contributed by atoms with Gasteiger partial charge in [0.1, 0.15) is 0 Å². The molecule has 0 spiro atoms. The predicted octanol–water partition coefficient (Wildman–Crippen LogP) is 2.76. The Labute approximate surface area is 124 Å². The van der Waals surface area contributed by atoms with E-state index in [1.807, 2.05) is 7.05 Å². The summed E-state index contributed by atoms with van der Waals surface area (Å²) in [5.74, 6) is 0.912. The van der Waals surface area contributed by atoms with Gasteiger partial charge in [-0.05, 0) is 29.9 Å². The highest BCUT2D eigenvalue weighted by atomic mass is 32.1. The smallest absolute Gasteiger partial charge is 0.156 e. The zero-order valence-electron chi connectivity index (χ0n) is 12.4. The van der Waals surface area contributed by atoms with E-state index < -0.39 is 0 Å². The molecular formula is C15H22N4S. The fraction of sp³-hybridized carbons (Fsp3) is 0.467. The van der Waals surface area contributed by atoms with E-state index in [1.165, 1.54) is 10.4 Å². The molecular weight excluding hydrogens is 268 g/mol. The molecule has 2 heterocycles. The summed E-state index contributed by atoms with van der Waals surface area (Å²) in [5.41, 5.74) is 9.44. The van der Waals surface area contributed by atoms with Crippen LogP contribution >= 0.6 is 11.3 Å². The first-order valence-corrected chi connectivity index (χ1v) is 7.90. The van der Waals surface area contributed by atoms with Gasteiger partial charge in [0, 0.05) is 24.0 Å². The summed E-state index contributed by atoms with van der Waals surface area (Å²) in [4.78, 5) is 3.45. The lowest BCUT2D eigenvalue weighted by atomic mass is 10.0. The molecule has 0 aliphatic rings. The Kier molecular flexibility index (Phi) is 5.09. The van der Waals surface area contributed by atoms with Gasteiger partial charge in [-0.25, -0.2) is 0 Å². The minimum absolute atomic E-state index is 0.510. The van der Waals surface area contributed by atoms with Gasteiger partial charge in [-0.1, -0.05) is 19.9 Å². The first-order chi connectivity index (χ1) is 9.71. The van der Waals surface area contributed by atoms with Gasteiger partial charge in [0.05, 0.1) is 12.2 Å². The van der Waals surface area contributed by atoms with E-state index in [2.05, 4.69) is 46.5 Å². The van der Waals surface area contributed by atoms with Crippen molar-refractivity contribution in [1.29, 1.82) is 0 Å². The molecule has 0 aromatic carbocycles. The summed E-state index contributed by atoms with van der Waals surface area (Å²) < 4.78 is 0. The second kappa shape index (κ2) is 6.81. The lowest BCUT2D eigenvalue weighted by Gasteiger charge is -2.22. The van der Waals surface area contributed by atoms with E-state index in [-0.39, 0.29) is 0 Å². The van der Waals surface area contributed by atoms with Gasteiger partial charge in [-0.3, -0.25) is 0 Å². The van der Waals surface area contributed by atoms with Crippen LogP contribution < -0.4 is 10.6 Å². The molecule has 108 valence electrons. The lowest BCUT2D eigenvalue weighted by Crippen LogP contribution is -2.22. The number of rotatable bonds is 6. The molecule has 2 N–H and O–H groups in total. The Hall–Kier alpha value is -1.46. The number of anilines is 1. The average Bonchev–Trinajstić information content (AvgIpc) is 2.98. The second-order valence-corrected chi connectivity index (χ2v) is 5.81. The maximum atomic E-state index is 5.97. The van der Waals surface area contributed by atoms with Crippen LogP contribution in [0.5, 0.6) is 0 Å². The van der Waals surface area contributed by atoms with Crippen LogP contribution in [0.1, 0.15) is 35.5 Å². The zero-order chi connectivity index (χ0) is 14.5. The van der Waals surface area contributed by atoms with Crippen LogP contribution in [-0.2, 0) is 25.9 Å². The van der Waals surface area contributed by atoms with E-state index in [9.17, 15) is 0 Å². The van der Waals surface area contributed by atoms with Crippen LogP contribution in [0.4, 0.5) is 5.82 Å². The highest BCUT2D eigenvalue weighted by molar-refractivity contribution is 7.09. The van der Waals surface area contributed by atoms with Crippen molar-refractivity contribution < 1.29 is 0 Å². The van der Waals surface area contributed by atoms with Crippen molar-refractivity contribution in [2.24, 2.45) is 5.73 Å². The Balaban J connectivity index is 2.35. The summed E-state index contributed by atoms with van der Waals surface area (Å²) in [5, 5.41) is 10.9. The minimum atomic E-state index is 0.510. The Morgan fingerprint density at radius 2 is 2.00 bits per heavy atom. The third-order valence-corrected chi connectivity index (χ3v) is 4.34. The maximum Gasteiger partial charge on any atom is 0.156 e. The van der Waals surface area contributed by atoms with E-state index in [0.717, 1.165) is 36.5 Å². The van der Waals surface area contributed by atoms with Crippen LogP contribution in [0.25, 0.3) is 0 Å². The van der Waals surface area contributed by atoms with Crippen LogP contribution in [0.3, 0.4) is 0 Å². The Morgan fingerprint density at radius 1 is 1.20 bits per heavy atom. The topological polar surface area (TPSA) is 55.0 Å². The van der Waals surface area contributed by atoms with Crippen molar-refractivity contribution in [3.05, 3.63) is 39.2 Å². The summed E-state index contributed by atoms with van der Waals surface area (Å²) >= 11 is 1.76. The van der Waals surface area contributed by atoms with Gasteiger partial charge in [0.25, 0.3) is 0 Å². The van der Waals surface area contributed by atoms with Crippen molar-refractivity contribution in [1.82, 2.24) is 10.2 Å². The summed E-state index contributed by atoms with van der Waals surface area (Å²) in [6, 6.07) is 4.21. The van der Waals surface area contributed by atoms with Crippen LogP contribution in [0.15, 0.2) is 17.5 Å². The van der Waals surface area contributed by atoms with Crippen molar-refractivity contribution in [3.63, 3.8) is 0 Å². The summed E-state index contributed by atoms with van der Waals surface area (Å²) in [7, 11) is 2.05. The molecule has 0 aliphatic carbocycles. The maximum absolute atomic E-state index is 5.97. The molecule has 2 aromatic heterocycles. The van der Waals surface area contributed by atoms with Crippen molar-refractivity contribution in [2.75, 3.05) is 11.9 Å². The van der Waals surface area contributed by atoms with Gasteiger partial charge in [0.2, 0.25) is 0 Å². The fourth-order valence-corrected chi connectivity index (χ4v) is 3.23. The number of hydrogen-bond donors (Lipinski definition) is 1. The molecule has 0 amide bonds. The lowest BCUT2D eigenvalue weighted by molar-refractivity contribution is 0.798. The third-order valence-electron chi connectivity index (χ3n) is 3.48. The highest BCUT2D eigenvalue weighted by Gasteiger charge is 2.16. The molecule has 0 saturated heterocycles. The molecule has 0 fully saturated rings. The van der Waals surface area contributed by atoms with Crippen LogP contribution in [-0.4, -0.2) is 17.2 Å². The van der Waals surface area contributed by atoms with Crippen LogP contribution in [0.2, 0.25) is 0 Å². The second-order valence-electron chi connectivity index (χ2n) is 4.77. The molecule has 5 heteroatoms. The largest absolute Gasteiger partial charge is 0.353 e. The van der Waals surface area contributed by atoms with Gasteiger partial charge < -0.3 is 10.6 Å². The van der Waals surface area contributed by atoms with Crippen molar-refractivity contribution >= 4 is 17.2 Å². The third kappa shape index (κ3) is 2.99. The van der Waals surface area contributed by atoms with Gasteiger partial charge in [-0.15, -0.1) is 16.4 Å². The Morgan fingerprint density at radius 3 is 2.55 bits per heavy atom. The highest BCUT2D eigenvalue weighted by Crippen LogP contribution is 2.24.